The number of aromatic nitrogens is 3. The van der Waals surface area contributed by atoms with Crippen molar-refractivity contribution in [2.45, 2.75) is 33.1 Å². The second kappa shape index (κ2) is 8.61. The summed E-state index contributed by atoms with van der Waals surface area (Å²) >= 11 is 6.30. The molecule has 0 amide bonds. The summed E-state index contributed by atoms with van der Waals surface area (Å²) in [6.45, 7) is 3.79. The van der Waals surface area contributed by atoms with Gasteiger partial charge in [-0.2, -0.15) is 5.26 Å². The fourth-order valence-corrected chi connectivity index (χ4v) is 2.93. The topological polar surface area (TPSA) is 71.7 Å². The third-order valence-electron chi connectivity index (χ3n) is 4.09. The average molecular weight is 379 g/mol. The highest BCUT2D eigenvalue weighted by Crippen LogP contribution is 2.22. The Balaban J connectivity index is 1.55. The van der Waals surface area contributed by atoms with Crippen LogP contribution in [0.15, 0.2) is 42.6 Å². The second-order valence-electron chi connectivity index (χ2n) is 6.21. The van der Waals surface area contributed by atoms with E-state index in [1.54, 1.807) is 12.1 Å². The van der Waals surface area contributed by atoms with Crippen LogP contribution in [0.5, 0.6) is 11.6 Å². The van der Waals surface area contributed by atoms with Gasteiger partial charge in [0.05, 0.1) is 22.0 Å². The molecule has 2 aromatic heterocycles. The van der Waals surface area contributed by atoms with Gasteiger partial charge in [0.2, 0.25) is 5.88 Å². The molecule has 3 aromatic rings. The fraction of sp³-hybridized carbons (Fsp3) is 0.238. The number of rotatable bonds is 6. The molecular weight excluding hydrogens is 360 g/mol. The molecule has 0 aliphatic heterocycles. The summed E-state index contributed by atoms with van der Waals surface area (Å²) in [5.74, 6) is 1.93. The number of nitrogens with zero attached hydrogens (tertiary/aromatic N) is 4. The normalized spacial score (nSPS) is 10.4. The van der Waals surface area contributed by atoms with Crippen molar-refractivity contribution in [3.8, 4) is 17.7 Å². The average Bonchev–Trinajstić information content (AvgIpc) is 2.67. The molecule has 0 aliphatic rings. The van der Waals surface area contributed by atoms with E-state index in [9.17, 15) is 0 Å². The van der Waals surface area contributed by atoms with Gasteiger partial charge in [0, 0.05) is 12.3 Å². The number of pyridine rings is 1. The number of halogens is 1. The van der Waals surface area contributed by atoms with Gasteiger partial charge in [0.25, 0.3) is 0 Å². The molecule has 136 valence electrons. The Morgan fingerprint density at radius 3 is 2.48 bits per heavy atom. The summed E-state index contributed by atoms with van der Waals surface area (Å²) in [7, 11) is 0. The summed E-state index contributed by atoms with van der Waals surface area (Å²) in [6.07, 6.45) is 4.18. The number of ether oxygens (including phenoxy) is 1. The minimum absolute atomic E-state index is 0.464. The third kappa shape index (κ3) is 5.02. The molecule has 3 rings (SSSR count). The lowest BCUT2D eigenvalue weighted by Crippen LogP contribution is -2.01. The summed E-state index contributed by atoms with van der Waals surface area (Å²) in [5, 5.41) is 9.46. The van der Waals surface area contributed by atoms with Crippen molar-refractivity contribution in [1.29, 1.82) is 5.26 Å². The minimum atomic E-state index is 0.464. The van der Waals surface area contributed by atoms with E-state index in [1.165, 1.54) is 11.8 Å². The van der Waals surface area contributed by atoms with Gasteiger partial charge in [0.1, 0.15) is 17.6 Å². The van der Waals surface area contributed by atoms with Gasteiger partial charge >= 0.3 is 0 Å². The van der Waals surface area contributed by atoms with E-state index < -0.39 is 0 Å². The maximum Gasteiger partial charge on any atom is 0.219 e. The first-order chi connectivity index (χ1) is 13.0. The molecule has 0 unspecified atom stereocenters. The first-order valence-electron chi connectivity index (χ1n) is 8.67. The number of benzene rings is 1. The van der Waals surface area contributed by atoms with Crippen LogP contribution in [0.1, 0.15) is 34.8 Å². The van der Waals surface area contributed by atoms with Crippen molar-refractivity contribution in [1.82, 2.24) is 15.0 Å². The minimum Gasteiger partial charge on any atom is -0.439 e. The molecule has 0 radical (unpaired) electrons. The van der Waals surface area contributed by atoms with Gasteiger partial charge in [-0.05, 0) is 56.9 Å². The SMILES string of the molecule is Cc1nc(C)c(Cl)c(CCCc2ccc(Oc3ccc(C#N)cn3)cc2)n1. The fourth-order valence-electron chi connectivity index (χ4n) is 2.75. The van der Waals surface area contributed by atoms with Crippen LogP contribution in [0.4, 0.5) is 0 Å². The summed E-state index contributed by atoms with van der Waals surface area (Å²) in [5.41, 5.74) is 3.46. The van der Waals surface area contributed by atoms with Crippen LogP contribution in [0.25, 0.3) is 0 Å². The summed E-state index contributed by atoms with van der Waals surface area (Å²) in [4.78, 5) is 12.8. The second-order valence-corrected chi connectivity index (χ2v) is 6.59. The Labute approximate surface area is 163 Å². The lowest BCUT2D eigenvalue weighted by atomic mass is 10.1. The van der Waals surface area contributed by atoms with E-state index >= 15 is 0 Å². The number of aryl methyl sites for hydroxylation is 4. The molecule has 0 spiro atoms. The molecule has 0 bridgehead atoms. The van der Waals surface area contributed by atoms with E-state index in [1.807, 2.05) is 44.2 Å². The van der Waals surface area contributed by atoms with Gasteiger partial charge in [-0.1, -0.05) is 23.7 Å². The Morgan fingerprint density at radius 2 is 1.81 bits per heavy atom. The molecule has 0 saturated carbocycles. The molecule has 27 heavy (non-hydrogen) atoms. The zero-order chi connectivity index (χ0) is 19.2. The molecule has 0 saturated heterocycles. The van der Waals surface area contributed by atoms with Crippen molar-refractivity contribution in [3.05, 3.63) is 76.0 Å². The largest absolute Gasteiger partial charge is 0.439 e. The van der Waals surface area contributed by atoms with Crippen LogP contribution in [0.2, 0.25) is 5.02 Å². The lowest BCUT2D eigenvalue weighted by molar-refractivity contribution is 0.462. The lowest BCUT2D eigenvalue weighted by Gasteiger charge is -2.08. The van der Waals surface area contributed by atoms with Crippen LogP contribution in [-0.4, -0.2) is 15.0 Å². The van der Waals surface area contributed by atoms with Gasteiger partial charge in [-0.3, -0.25) is 0 Å². The molecule has 0 aliphatic carbocycles. The van der Waals surface area contributed by atoms with Crippen molar-refractivity contribution >= 4 is 11.6 Å². The Morgan fingerprint density at radius 1 is 1.04 bits per heavy atom. The highest BCUT2D eigenvalue weighted by molar-refractivity contribution is 6.31. The van der Waals surface area contributed by atoms with E-state index in [4.69, 9.17) is 21.6 Å². The Bertz CT molecular complexity index is 963. The van der Waals surface area contributed by atoms with Gasteiger partial charge in [-0.25, -0.2) is 15.0 Å². The number of nitriles is 1. The Kier molecular flexibility index (Phi) is 6.00. The van der Waals surface area contributed by atoms with E-state index in [2.05, 4.69) is 15.0 Å². The highest BCUT2D eigenvalue weighted by Gasteiger charge is 2.08. The molecule has 6 heteroatoms. The predicted molar refractivity (Wildman–Crippen MR) is 104 cm³/mol. The Hall–Kier alpha value is -2.97. The monoisotopic (exact) mass is 378 g/mol. The standard InChI is InChI=1S/C21H19ClN4O/c1-14-21(22)19(26-15(2)25-14)5-3-4-16-6-9-18(10-7-16)27-20-11-8-17(12-23)13-24-20/h6-11,13H,3-5H2,1-2H3. The molecule has 5 nitrogen and oxygen atoms in total. The molecule has 2 heterocycles. The molecule has 0 N–H and O–H groups in total. The maximum atomic E-state index is 8.79. The van der Waals surface area contributed by atoms with Crippen LogP contribution in [0, 0.1) is 25.2 Å². The van der Waals surface area contributed by atoms with Crippen molar-refractivity contribution in [2.24, 2.45) is 0 Å². The smallest absolute Gasteiger partial charge is 0.219 e. The number of hydrogen-bond donors (Lipinski definition) is 0. The summed E-state index contributed by atoms with van der Waals surface area (Å²) in [6, 6.07) is 13.3. The molecule has 1 aromatic carbocycles. The zero-order valence-corrected chi connectivity index (χ0v) is 16.0. The first-order valence-corrected chi connectivity index (χ1v) is 9.05. The third-order valence-corrected chi connectivity index (χ3v) is 4.58. The predicted octanol–water partition coefficient (Wildman–Crippen LogP) is 4.98. The van der Waals surface area contributed by atoms with Crippen LogP contribution >= 0.6 is 11.6 Å². The summed E-state index contributed by atoms with van der Waals surface area (Å²) < 4.78 is 5.69. The van der Waals surface area contributed by atoms with Crippen LogP contribution in [-0.2, 0) is 12.8 Å². The van der Waals surface area contributed by atoms with Gasteiger partial charge in [0.15, 0.2) is 0 Å². The van der Waals surface area contributed by atoms with Gasteiger partial charge in [-0.15, -0.1) is 0 Å². The quantitative estimate of drug-likeness (QED) is 0.604. The molecule has 0 atom stereocenters. The van der Waals surface area contributed by atoms with Crippen molar-refractivity contribution in [3.63, 3.8) is 0 Å². The zero-order valence-electron chi connectivity index (χ0n) is 15.2. The molecule has 0 fully saturated rings. The van der Waals surface area contributed by atoms with Crippen LogP contribution in [0.3, 0.4) is 0 Å². The van der Waals surface area contributed by atoms with E-state index in [0.29, 0.717) is 22.2 Å². The van der Waals surface area contributed by atoms with Gasteiger partial charge < -0.3 is 4.74 Å². The van der Waals surface area contributed by atoms with E-state index in [0.717, 1.165) is 36.5 Å². The first kappa shape index (κ1) is 18.8. The van der Waals surface area contributed by atoms with E-state index in [-0.39, 0.29) is 0 Å². The van der Waals surface area contributed by atoms with Crippen LogP contribution < -0.4 is 4.74 Å². The number of hydrogen-bond acceptors (Lipinski definition) is 5. The molecular formula is C21H19ClN4O. The van der Waals surface area contributed by atoms with Crippen molar-refractivity contribution in [2.75, 3.05) is 0 Å². The highest BCUT2D eigenvalue weighted by atomic mass is 35.5. The van der Waals surface area contributed by atoms with Crippen molar-refractivity contribution < 1.29 is 4.74 Å². The maximum absolute atomic E-state index is 8.79.